The molecule has 7 heteroatoms. The molecule has 1 fully saturated rings. The Hall–Kier alpha value is -2.60. The van der Waals surface area contributed by atoms with E-state index in [0.29, 0.717) is 16.9 Å². The first-order valence-electron chi connectivity index (χ1n) is 8.84. The largest absolute Gasteiger partial charge is 0.449 e. The minimum Gasteiger partial charge on any atom is -0.449 e. The average molecular weight is 388 g/mol. The van der Waals surface area contributed by atoms with Crippen LogP contribution in [-0.2, 0) is 14.3 Å². The third-order valence-electron chi connectivity index (χ3n) is 4.48. The molecule has 1 saturated carbocycles. The van der Waals surface area contributed by atoms with E-state index in [2.05, 4.69) is 27.9 Å². The van der Waals surface area contributed by atoms with E-state index >= 15 is 0 Å². The van der Waals surface area contributed by atoms with Gasteiger partial charge in [0.25, 0.3) is 5.91 Å². The predicted molar refractivity (Wildman–Crippen MR) is 105 cm³/mol. The number of halogens is 1. The summed E-state index contributed by atoms with van der Waals surface area (Å²) in [5.74, 6) is -0.688. The molecule has 1 N–H and O–H groups in total. The summed E-state index contributed by atoms with van der Waals surface area (Å²) in [7, 11) is 0. The van der Waals surface area contributed by atoms with Gasteiger partial charge in [0.05, 0.1) is 5.02 Å². The summed E-state index contributed by atoms with van der Waals surface area (Å²) in [6.45, 7) is 5.62. The smallest absolute Gasteiger partial charge is 0.331 e. The van der Waals surface area contributed by atoms with Crippen LogP contribution in [-0.4, -0.2) is 27.5 Å². The first kappa shape index (κ1) is 19.2. The molecule has 0 aromatic carbocycles. The van der Waals surface area contributed by atoms with Crippen molar-refractivity contribution in [2.24, 2.45) is 0 Å². The van der Waals surface area contributed by atoms with Crippen molar-refractivity contribution in [1.29, 1.82) is 0 Å². The van der Waals surface area contributed by atoms with E-state index in [0.717, 1.165) is 11.3 Å². The van der Waals surface area contributed by atoms with Crippen molar-refractivity contribution in [3.63, 3.8) is 0 Å². The van der Waals surface area contributed by atoms with Gasteiger partial charge in [-0.25, -0.2) is 9.78 Å². The van der Waals surface area contributed by atoms with Gasteiger partial charge in [0, 0.05) is 29.7 Å². The zero-order valence-corrected chi connectivity index (χ0v) is 16.3. The summed E-state index contributed by atoms with van der Waals surface area (Å²) in [5.41, 5.74) is 3.31. The molecule has 2 heterocycles. The minimum absolute atomic E-state index is 0.343. The van der Waals surface area contributed by atoms with Gasteiger partial charge in [0.15, 0.2) is 6.10 Å². The highest BCUT2D eigenvalue weighted by Gasteiger charge is 2.26. The van der Waals surface area contributed by atoms with Gasteiger partial charge in [-0.05, 0) is 63.5 Å². The molecule has 0 bridgehead atoms. The molecule has 0 radical (unpaired) electrons. The molecular weight excluding hydrogens is 366 g/mol. The summed E-state index contributed by atoms with van der Waals surface area (Å²) >= 11 is 5.75. The van der Waals surface area contributed by atoms with Crippen LogP contribution in [0.2, 0.25) is 5.02 Å². The number of pyridine rings is 1. The maximum atomic E-state index is 12.1. The molecule has 2 aromatic heterocycles. The summed E-state index contributed by atoms with van der Waals surface area (Å²) in [6, 6.07) is 5.83. The molecule has 0 saturated heterocycles. The number of rotatable bonds is 6. The van der Waals surface area contributed by atoms with Crippen molar-refractivity contribution in [3.8, 4) is 0 Å². The first-order valence-corrected chi connectivity index (χ1v) is 9.22. The molecule has 0 unspecified atom stereocenters. The summed E-state index contributed by atoms with van der Waals surface area (Å²) < 4.78 is 7.47. The van der Waals surface area contributed by atoms with Crippen molar-refractivity contribution < 1.29 is 14.3 Å². The van der Waals surface area contributed by atoms with Crippen LogP contribution >= 0.6 is 11.6 Å². The fraction of sp³-hybridized carbons (Fsp3) is 0.350. The molecule has 1 aliphatic carbocycles. The van der Waals surface area contributed by atoms with Gasteiger partial charge in [0.1, 0.15) is 5.82 Å². The van der Waals surface area contributed by atoms with Gasteiger partial charge < -0.3 is 14.6 Å². The maximum absolute atomic E-state index is 12.1. The molecule has 142 valence electrons. The highest BCUT2D eigenvalue weighted by atomic mass is 35.5. The van der Waals surface area contributed by atoms with Crippen LogP contribution in [0.25, 0.3) is 6.08 Å². The molecule has 6 nitrogen and oxygen atoms in total. The zero-order chi connectivity index (χ0) is 19.6. The minimum atomic E-state index is -0.946. The lowest BCUT2D eigenvalue weighted by Gasteiger charge is -2.11. The summed E-state index contributed by atoms with van der Waals surface area (Å²) in [4.78, 5) is 28.1. The number of ether oxygens (including phenoxy) is 1. The average Bonchev–Trinajstić information content (AvgIpc) is 3.41. The summed E-state index contributed by atoms with van der Waals surface area (Å²) in [6.07, 6.45) is 5.97. The molecule has 2 aromatic rings. The van der Waals surface area contributed by atoms with Crippen LogP contribution in [0.4, 0.5) is 5.82 Å². The molecule has 1 atom stereocenters. The lowest BCUT2D eigenvalue weighted by atomic mass is 10.2. The van der Waals surface area contributed by atoms with Crippen molar-refractivity contribution in [2.75, 3.05) is 5.32 Å². The van der Waals surface area contributed by atoms with Crippen molar-refractivity contribution >= 4 is 35.4 Å². The van der Waals surface area contributed by atoms with Crippen LogP contribution < -0.4 is 5.32 Å². The highest BCUT2D eigenvalue weighted by Crippen LogP contribution is 2.38. The second kappa shape index (κ2) is 7.96. The number of aryl methyl sites for hydroxylation is 1. The number of hydrogen-bond acceptors (Lipinski definition) is 4. The SMILES string of the molecule is Cc1cc(/C=C/C(=O)O[C@@H](C)C(=O)Nc2ccc(Cl)cn2)c(C)n1C1CC1. The number of hydrogen-bond donors (Lipinski definition) is 1. The Kier molecular flexibility index (Phi) is 5.65. The van der Waals surface area contributed by atoms with E-state index in [9.17, 15) is 9.59 Å². The second-order valence-corrected chi connectivity index (χ2v) is 7.13. The van der Waals surface area contributed by atoms with E-state index < -0.39 is 18.0 Å². The van der Waals surface area contributed by atoms with E-state index in [1.54, 1.807) is 18.2 Å². The van der Waals surface area contributed by atoms with Crippen LogP contribution in [0.5, 0.6) is 0 Å². The fourth-order valence-electron chi connectivity index (χ4n) is 2.97. The Balaban J connectivity index is 1.56. The topological polar surface area (TPSA) is 73.2 Å². The van der Waals surface area contributed by atoms with Gasteiger partial charge >= 0.3 is 5.97 Å². The number of carbonyl (C=O) groups excluding carboxylic acids is 2. The van der Waals surface area contributed by atoms with E-state index in [1.165, 1.54) is 37.7 Å². The maximum Gasteiger partial charge on any atom is 0.331 e. The first-order chi connectivity index (χ1) is 12.8. The number of nitrogens with zero attached hydrogens (tertiary/aromatic N) is 2. The second-order valence-electron chi connectivity index (χ2n) is 6.69. The third-order valence-corrected chi connectivity index (χ3v) is 4.70. The monoisotopic (exact) mass is 387 g/mol. The molecule has 0 spiro atoms. The lowest BCUT2D eigenvalue weighted by molar-refractivity contribution is -0.148. The molecule has 0 aliphatic heterocycles. The molecule has 3 rings (SSSR count). The van der Waals surface area contributed by atoms with Crippen LogP contribution in [0.3, 0.4) is 0 Å². The van der Waals surface area contributed by atoms with Crippen molar-refractivity contribution in [1.82, 2.24) is 9.55 Å². The Morgan fingerprint density at radius 1 is 1.37 bits per heavy atom. The Labute approximate surface area is 163 Å². The van der Waals surface area contributed by atoms with E-state index in [1.807, 2.05) is 6.92 Å². The number of amides is 1. The van der Waals surface area contributed by atoms with E-state index in [4.69, 9.17) is 16.3 Å². The molecule has 27 heavy (non-hydrogen) atoms. The standard InChI is InChI=1S/C20H22ClN3O3/c1-12-10-15(13(2)24(12)17-6-7-17)4-9-19(25)27-14(3)20(26)23-18-8-5-16(21)11-22-18/h4-5,8-11,14,17H,6-7H2,1-3H3,(H,22,23,26)/b9-4+/t14-/m0/s1. The van der Waals surface area contributed by atoms with Gasteiger partial charge in [0.2, 0.25) is 0 Å². The van der Waals surface area contributed by atoms with Gasteiger partial charge in [-0.3, -0.25) is 4.79 Å². The van der Waals surface area contributed by atoms with Crippen molar-refractivity contribution in [2.45, 2.75) is 45.8 Å². The van der Waals surface area contributed by atoms with Crippen LogP contribution in [0.15, 0.2) is 30.5 Å². The van der Waals surface area contributed by atoms with Gasteiger partial charge in [-0.15, -0.1) is 0 Å². The Morgan fingerprint density at radius 2 is 2.11 bits per heavy atom. The third kappa shape index (κ3) is 4.77. The van der Waals surface area contributed by atoms with Gasteiger partial charge in [-0.2, -0.15) is 0 Å². The van der Waals surface area contributed by atoms with E-state index in [-0.39, 0.29) is 0 Å². The molecule has 1 aliphatic rings. The fourth-order valence-corrected chi connectivity index (χ4v) is 3.08. The number of carbonyl (C=O) groups is 2. The van der Waals surface area contributed by atoms with Crippen LogP contribution in [0.1, 0.15) is 42.8 Å². The number of aromatic nitrogens is 2. The van der Waals surface area contributed by atoms with Crippen LogP contribution in [0, 0.1) is 13.8 Å². The quantitative estimate of drug-likeness (QED) is 0.599. The van der Waals surface area contributed by atoms with Crippen molar-refractivity contribution in [3.05, 3.63) is 52.4 Å². The lowest BCUT2D eigenvalue weighted by Crippen LogP contribution is -2.29. The number of anilines is 1. The number of nitrogens with one attached hydrogen (secondary N) is 1. The Bertz CT molecular complexity index is 883. The zero-order valence-electron chi connectivity index (χ0n) is 15.5. The summed E-state index contributed by atoms with van der Waals surface area (Å²) in [5, 5.41) is 3.05. The normalized spacial score (nSPS) is 15.0. The predicted octanol–water partition coefficient (Wildman–Crippen LogP) is 4.07. The Morgan fingerprint density at radius 3 is 2.74 bits per heavy atom. The molecular formula is C20H22ClN3O3. The highest BCUT2D eigenvalue weighted by molar-refractivity contribution is 6.30. The molecule has 1 amide bonds. The number of esters is 1. The van der Waals surface area contributed by atoms with Gasteiger partial charge in [-0.1, -0.05) is 11.6 Å².